The summed E-state index contributed by atoms with van der Waals surface area (Å²) in [6.45, 7) is 4.97. The summed E-state index contributed by atoms with van der Waals surface area (Å²) in [4.78, 5) is 0.248. The van der Waals surface area contributed by atoms with Crippen LogP contribution in [0.5, 0.6) is 0 Å². The van der Waals surface area contributed by atoms with Crippen molar-refractivity contribution in [1.82, 2.24) is 4.31 Å². The van der Waals surface area contributed by atoms with Gasteiger partial charge in [0.25, 0.3) is 0 Å². The Kier molecular flexibility index (Phi) is 3.89. The molecule has 1 aliphatic heterocycles. The summed E-state index contributed by atoms with van der Waals surface area (Å²) in [5.41, 5.74) is 8.18. The zero-order valence-corrected chi connectivity index (χ0v) is 12.3. The molecule has 0 bridgehead atoms. The molecule has 2 N–H and O–H groups in total. The van der Waals surface area contributed by atoms with Gasteiger partial charge in [0.05, 0.1) is 5.69 Å². The second-order valence-corrected chi connectivity index (χ2v) is 7.62. The average molecular weight is 286 g/mol. The number of anilines is 1. The molecular formula is C12H18N2O2S2. The molecule has 0 amide bonds. The lowest BCUT2D eigenvalue weighted by atomic mass is 10.1. The molecule has 1 aromatic rings. The van der Waals surface area contributed by atoms with Gasteiger partial charge in [0.1, 0.15) is 4.90 Å². The Morgan fingerprint density at radius 3 is 2.33 bits per heavy atom. The molecule has 1 aromatic carbocycles. The third kappa shape index (κ3) is 2.50. The molecule has 0 atom stereocenters. The van der Waals surface area contributed by atoms with Gasteiger partial charge in [-0.05, 0) is 37.1 Å². The number of hydrogen-bond acceptors (Lipinski definition) is 4. The number of sulfonamides is 1. The minimum Gasteiger partial charge on any atom is -0.398 e. The van der Waals surface area contributed by atoms with Gasteiger partial charge in [0.2, 0.25) is 10.0 Å². The molecule has 0 spiro atoms. The van der Waals surface area contributed by atoms with Gasteiger partial charge in [-0.2, -0.15) is 16.1 Å². The summed E-state index contributed by atoms with van der Waals surface area (Å²) in [5, 5.41) is 0. The number of nitrogens with zero attached hydrogens (tertiary/aromatic N) is 1. The van der Waals surface area contributed by atoms with Gasteiger partial charge in [0.15, 0.2) is 0 Å². The average Bonchev–Trinajstić information content (AvgIpc) is 2.34. The predicted octanol–water partition coefficient (Wildman–Crippen LogP) is 1.62. The van der Waals surface area contributed by atoms with E-state index in [-0.39, 0.29) is 4.90 Å². The molecule has 18 heavy (non-hydrogen) atoms. The fourth-order valence-electron chi connectivity index (χ4n) is 1.96. The second kappa shape index (κ2) is 5.11. The molecule has 0 aliphatic carbocycles. The van der Waals surface area contributed by atoms with Crippen molar-refractivity contribution in [2.24, 2.45) is 0 Å². The first kappa shape index (κ1) is 13.7. The largest absolute Gasteiger partial charge is 0.398 e. The van der Waals surface area contributed by atoms with Crippen LogP contribution in [0.4, 0.5) is 5.69 Å². The summed E-state index contributed by atoms with van der Waals surface area (Å²) in [6.07, 6.45) is 0. The number of rotatable bonds is 2. The third-order valence-corrected chi connectivity index (χ3v) is 6.11. The summed E-state index contributed by atoms with van der Waals surface area (Å²) in [6, 6.07) is 3.42. The zero-order chi connectivity index (χ0) is 13.3. The minimum atomic E-state index is -3.44. The van der Waals surface area contributed by atoms with E-state index < -0.39 is 10.0 Å². The molecule has 1 aliphatic rings. The topological polar surface area (TPSA) is 63.4 Å². The van der Waals surface area contributed by atoms with Crippen molar-refractivity contribution >= 4 is 27.5 Å². The van der Waals surface area contributed by atoms with Crippen LogP contribution in [0.1, 0.15) is 11.1 Å². The lowest BCUT2D eigenvalue weighted by Crippen LogP contribution is -2.38. The Hall–Kier alpha value is -0.720. The first-order chi connectivity index (χ1) is 8.43. The van der Waals surface area contributed by atoms with E-state index >= 15 is 0 Å². The number of aryl methyl sites for hydroxylation is 2. The highest BCUT2D eigenvalue weighted by atomic mass is 32.2. The molecule has 100 valence electrons. The maximum atomic E-state index is 12.5. The van der Waals surface area contributed by atoms with Gasteiger partial charge in [-0.3, -0.25) is 0 Å². The Labute approximate surface area is 113 Å². The van der Waals surface area contributed by atoms with Gasteiger partial charge >= 0.3 is 0 Å². The summed E-state index contributed by atoms with van der Waals surface area (Å²) in [5.74, 6) is 1.70. The smallest absolute Gasteiger partial charge is 0.245 e. The minimum absolute atomic E-state index is 0.248. The molecule has 1 saturated heterocycles. The predicted molar refractivity (Wildman–Crippen MR) is 76.4 cm³/mol. The first-order valence-corrected chi connectivity index (χ1v) is 8.47. The molecule has 1 heterocycles. The molecule has 0 aromatic heterocycles. The van der Waals surface area contributed by atoms with Crippen LogP contribution in [0.2, 0.25) is 0 Å². The van der Waals surface area contributed by atoms with Crippen LogP contribution in [0.15, 0.2) is 17.0 Å². The van der Waals surface area contributed by atoms with Crippen molar-refractivity contribution in [2.75, 3.05) is 30.3 Å². The summed E-state index contributed by atoms with van der Waals surface area (Å²) in [7, 11) is -3.44. The third-order valence-electron chi connectivity index (χ3n) is 3.21. The number of nitrogen functional groups attached to an aromatic ring is 1. The van der Waals surface area contributed by atoms with Gasteiger partial charge in [-0.15, -0.1) is 0 Å². The van der Waals surface area contributed by atoms with E-state index in [9.17, 15) is 8.42 Å². The van der Waals surface area contributed by atoms with Crippen LogP contribution in [0.3, 0.4) is 0 Å². The monoisotopic (exact) mass is 286 g/mol. The number of benzene rings is 1. The van der Waals surface area contributed by atoms with E-state index in [2.05, 4.69) is 0 Å². The van der Waals surface area contributed by atoms with Gasteiger partial charge in [-0.25, -0.2) is 8.42 Å². The number of thioether (sulfide) groups is 1. The Morgan fingerprint density at radius 1 is 1.17 bits per heavy atom. The molecular weight excluding hydrogens is 268 g/mol. The molecule has 0 saturated carbocycles. The molecule has 0 unspecified atom stereocenters. The zero-order valence-electron chi connectivity index (χ0n) is 10.6. The van der Waals surface area contributed by atoms with Crippen molar-refractivity contribution in [3.05, 3.63) is 23.3 Å². The van der Waals surface area contributed by atoms with Crippen molar-refractivity contribution in [1.29, 1.82) is 0 Å². The van der Waals surface area contributed by atoms with Crippen LogP contribution >= 0.6 is 11.8 Å². The molecule has 0 radical (unpaired) electrons. The van der Waals surface area contributed by atoms with Crippen LogP contribution < -0.4 is 5.73 Å². The fraction of sp³-hybridized carbons (Fsp3) is 0.500. The lowest BCUT2D eigenvalue weighted by molar-refractivity contribution is 0.444. The quantitative estimate of drug-likeness (QED) is 0.839. The highest BCUT2D eigenvalue weighted by Gasteiger charge is 2.28. The van der Waals surface area contributed by atoms with Crippen molar-refractivity contribution in [3.8, 4) is 0 Å². The second-order valence-electron chi connectivity index (χ2n) is 4.49. The SMILES string of the molecule is Cc1cc(N)c(S(=O)(=O)N2CCSCC2)cc1C. The molecule has 4 nitrogen and oxygen atoms in total. The standard InChI is InChI=1S/C12H18N2O2S2/c1-9-7-11(13)12(8-10(9)2)18(15,16)14-3-5-17-6-4-14/h7-8H,3-6,13H2,1-2H3. The van der Waals surface area contributed by atoms with Crippen molar-refractivity contribution in [3.63, 3.8) is 0 Å². The van der Waals surface area contributed by atoms with Gasteiger partial charge < -0.3 is 5.73 Å². The Balaban J connectivity index is 2.43. The highest BCUT2D eigenvalue weighted by Crippen LogP contribution is 2.27. The normalized spacial score (nSPS) is 17.9. The van der Waals surface area contributed by atoms with E-state index in [0.29, 0.717) is 18.8 Å². The maximum Gasteiger partial charge on any atom is 0.245 e. The molecule has 1 fully saturated rings. The van der Waals surface area contributed by atoms with Crippen LogP contribution in [0.25, 0.3) is 0 Å². The molecule has 6 heteroatoms. The van der Waals surface area contributed by atoms with E-state index in [0.717, 1.165) is 22.6 Å². The Morgan fingerprint density at radius 2 is 1.72 bits per heavy atom. The highest BCUT2D eigenvalue weighted by molar-refractivity contribution is 7.99. The van der Waals surface area contributed by atoms with Crippen LogP contribution in [-0.4, -0.2) is 37.3 Å². The fourth-order valence-corrected chi connectivity index (χ4v) is 4.72. The molecule has 2 rings (SSSR count). The Bertz CT molecular complexity index is 549. The maximum absolute atomic E-state index is 12.5. The number of nitrogens with two attached hydrogens (primary N) is 1. The van der Waals surface area contributed by atoms with Crippen molar-refractivity contribution < 1.29 is 8.42 Å². The lowest BCUT2D eigenvalue weighted by Gasteiger charge is -2.26. The van der Waals surface area contributed by atoms with Crippen LogP contribution in [0, 0.1) is 13.8 Å². The first-order valence-electron chi connectivity index (χ1n) is 5.87. The number of hydrogen-bond donors (Lipinski definition) is 1. The van der Waals surface area contributed by atoms with E-state index in [1.807, 2.05) is 13.8 Å². The van der Waals surface area contributed by atoms with Gasteiger partial charge in [-0.1, -0.05) is 0 Å². The van der Waals surface area contributed by atoms with E-state index in [1.165, 1.54) is 4.31 Å². The van der Waals surface area contributed by atoms with Crippen LogP contribution in [-0.2, 0) is 10.0 Å². The summed E-state index contributed by atoms with van der Waals surface area (Å²) >= 11 is 1.78. The van der Waals surface area contributed by atoms with Crippen molar-refractivity contribution in [2.45, 2.75) is 18.7 Å². The summed E-state index contributed by atoms with van der Waals surface area (Å²) < 4.78 is 26.5. The van der Waals surface area contributed by atoms with Gasteiger partial charge in [0, 0.05) is 24.6 Å². The van der Waals surface area contributed by atoms with E-state index in [1.54, 1.807) is 23.9 Å². The van der Waals surface area contributed by atoms with E-state index in [4.69, 9.17) is 5.73 Å².